The molecule has 0 rings (SSSR count). The van der Waals surface area contributed by atoms with Crippen molar-refractivity contribution in [2.24, 2.45) is 11.3 Å². The van der Waals surface area contributed by atoms with Crippen LogP contribution in [0.2, 0.25) is 0 Å². The second-order valence-electron chi connectivity index (χ2n) is 6.55. The van der Waals surface area contributed by atoms with Crippen molar-refractivity contribution in [2.75, 3.05) is 6.61 Å². The van der Waals surface area contributed by atoms with Gasteiger partial charge in [-0.05, 0) is 46.0 Å². The highest BCUT2D eigenvalue weighted by Crippen LogP contribution is 2.21. The zero-order valence-electron chi connectivity index (χ0n) is 13.8. The molecule has 20 heavy (non-hydrogen) atoms. The highest BCUT2D eigenvalue weighted by atomic mass is 16.5. The highest BCUT2D eigenvalue weighted by molar-refractivity contribution is 5.75. The molecule has 0 aromatic heterocycles. The van der Waals surface area contributed by atoms with Gasteiger partial charge in [0, 0.05) is 6.42 Å². The van der Waals surface area contributed by atoms with Gasteiger partial charge in [-0.25, -0.2) is 0 Å². The molecule has 0 aliphatic carbocycles. The topological polar surface area (TPSA) is 52.6 Å². The van der Waals surface area contributed by atoms with E-state index in [4.69, 9.17) is 9.47 Å². The van der Waals surface area contributed by atoms with Gasteiger partial charge in [0.05, 0.1) is 12.0 Å². The summed E-state index contributed by atoms with van der Waals surface area (Å²) in [5, 5.41) is 0. The maximum absolute atomic E-state index is 11.9. The third-order valence-electron chi connectivity index (χ3n) is 2.95. The number of hydrogen-bond acceptors (Lipinski definition) is 4. The lowest BCUT2D eigenvalue weighted by Gasteiger charge is -2.25. The summed E-state index contributed by atoms with van der Waals surface area (Å²) in [6.07, 6.45) is 2.46. The Morgan fingerprint density at radius 1 is 1.15 bits per heavy atom. The molecule has 4 heteroatoms. The Hall–Kier alpha value is -1.06. The Labute approximate surface area is 123 Å². The Morgan fingerprint density at radius 2 is 1.75 bits per heavy atom. The average molecular weight is 286 g/mol. The van der Waals surface area contributed by atoms with Crippen molar-refractivity contribution in [3.8, 4) is 0 Å². The van der Waals surface area contributed by atoms with Gasteiger partial charge in [0.15, 0.2) is 0 Å². The summed E-state index contributed by atoms with van der Waals surface area (Å²) in [7, 11) is 0. The zero-order valence-corrected chi connectivity index (χ0v) is 13.8. The third-order valence-corrected chi connectivity index (χ3v) is 2.95. The van der Waals surface area contributed by atoms with Gasteiger partial charge in [-0.2, -0.15) is 0 Å². The van der Waals surface area contributed by atoms with Crippen LogP contribution in [0, 0.1) is 11.3 Å². The van der Waals surface area contributed by atoms with Gasteiger partial charge in [0.25, 0.3) is 0 Å². The number of ether oxygens (including phenoxy) is 2. The van der Waals surface area contributed by atoms with Crippen molar-refractivity contribution in [1.29, 1.82) is 0 Å². The molecule has 0 saturated heterocycles. The van der Waals surface area contributed by atoms with Crippen molar-refractivity contribution >= 4 is 11.9 Å². The molecule has 1 atom stereocenters. The van der Waals surface area contributed by atoms with E-state index in [1.165, 1.54) is 0 Å². The van der Waals surface area contributed by atoms with Crippen molar-refractivity contribution in [1.82, 2.24) is 0 Å². The highest BCUT2D eigenvalue weighted by Gasteiger charge is 2.27. The van der Waals surface area contributed by atoms with Gasteiger partial charge in [-0.15, -0.1) is 0 Å². The molecule has 0 bridgehead atoms. The van der Waals surface area contributed by atoms with Gasteiger partial charge >= 0.3 is 11.9 Å². The lowest BCUT2D eigenvalue weighted by atomic mass is 9.96. The van der Waals surface area contributed by atoms with E-state index in [0.717, 1.165) is 6.42 Å². The molecule has 1 unspecified atom stereocenters. The first-order valence-electron chi connectivity index (χ1n) is 7.55. The molecule has 0 saturated carbocycles. The first-order valence-corrected chi connectivity index (χ1v) is 7.55. The van der Waals surface area contributed by atoms with Crippen LogP contribution in [0.25, 0.3) is 0 Å². The van der Waals surface area contributed by atoms with Crippen molar-refractivity contribution in [2.45, 2.75) is 73.3 Å². The van der Waals surface area contributed by atoms with Crippen molar-refractivity contribution < 1.29 is 19.1 Å². The molecule has 4 nitrogen and oxygen atoms in total. The number of carbonyl (C=O) groups is 2. The summed E-state index contributed by atoms with van der Waals surface area (Å²) in [6.45, 7) is 12.0. The van der Waals surface area contributed by atoms with E-state index >= 15 is 0 Å². The van der Waals surface area contributed by atoms with E-state index in [9.17, 15) is 9.59 Å². The fraction of sp³-hybridized carbons (Fsp3) is 0.875. The molecule has 0 aliphatic heterocycles. The van der Waals surface area contributed by atoms with Crippen LogP contribution in [0.15, 0.2) is 0 Å². The number of rotatable bonds is 8. The minimum absolute atomic E-state index is 0.138. The van der Waals surface area contributed by atoms with Crippen molar-refractivity contribution in [3.05, 3.63) is 0 Å². The molecule has 0 radical (unpaired) electrons. The standard InChI is InChI=1S/C16H30O4/c1-7-11-19-14(17)10-8-9-13(12(2)3)20-15(18)16(4,5)6/h12-13H,7-11H2,1-6H3. The summed E-state index contributed by atoms with van der Waals surface area (Å²) in [4.78, 5) is 23.3. The Balaban J connectivity index is 4.17. The van der Waals surface area contributed by atoms with Crippen LogP contribution in [-0.2, 0) is 19.1 Å². The van der Waals surface area contributed by atoms with Crippen LogP contribution < -0.4 is 0 Å². The molecular weight excluding hydrogens is 256 g/mol. The van der Waals surface area contributed by atoms with E-state index in [0.29, 0.717) is 25.9 Å². The molecular formula is C16H30O4. The Bertz CT molecular complexity index is 302. The molecule has 0 aromatic carbocycles. The smallest absolute Gasteiger partial charge is 0.311 e. The summed E-state index contributed by atoms with van der Waals surface area (Å²) < 4.78 is 10.6. The maximum Gasteiger partial charge on any atom is 0.311 e. The van der Waals surface area contributed by atoms with Gasteiger partial charge in [-0.3, -0.25) is 9.59 Å². The summed E-state index contributed by atoms with van der Waals surface area (Å²) >= 11 is 0. The van der Waals surface area contributed by atoms with Gasteiger partial charge in [-0.1, -0.05) is 20.8 Å². The van der Waals surface area contributed by atoms with Gasteiger partial charge in [0.1, 0.15) is 6.10 Å². The zero-order chi connectivity index (χ0) is 15.8. The van der Waals surface area contributed by atoms with E-state index in [1.54, 1.807) is 0 Å². The van der Waals surface area contributed by atoms with Gasteiger partial charge in [0.2, 0.25) is 0 Å². The molecule has 118 valence electrons. The summed E-state index contributed by atoms with van der Waals surface area (Å²) in [5.41, 5.74) is -0.493. The predicted molar refractivity (Wildman–Crippen MR) is 79.3 cm³/mol. The largest absolute Gasteiger partial charge is 0.466 e. The van der Waals surface area contributed by atoms with Crippen molar-refractivity contribution in [3.63, 3.8) is 0 Å². The fourth-order valence-electron chi connectivity index (χ4n) is 1.58. The second-order valence-corrected chi connectivity index (χ2v) is 6.55. The molecule has 0 spiro atoms. The molecule has 0 fully saturated rings. The SMILES string of the molecule is CCCOC(=O)CCCC(OC(=O)C(C)(C)C)C(C)C. The number of hydrogen-bond donors (Lipinski definition) is 0. The van der Waals surface area contributed by atoms with Gasteiger partial charge < -0.3 is 9.47 Å². The van der Waals surface area contributed by atoms with Crippen LogP contribution in [0.5, 0.6) is 0 Å². The molecule has 0 amide bonds. The lowest BCUT2D eigenvalue weighted by Crippen LogP contribution is -2.31. The number of esters is 2. The first-order chi connectivity index (χ1) is 9.18. The van der Waals surface area contributed by atoms with Crippen LogP contribution in [0.4, 0.5) is 0 Å². The average Bonchev–Trinajstić information content (AvgIpc) is 2.33. The van der Waals surface area contributed by atoms with E-state index < -0.39 is 5.41 Å². The summed E-state index contributed by atoms with van der Waals surface area (Å²) in [6, 6.07) is 0. The van der Waals surface area contributed by atoms with Crippen LogP contribution in [0.3, 0.4) is 0 Å². The molecule has 0 aromatic rings. The monoisotopic (exact) mass is 286 g/mol. The minimum Gasteiger partial charge on any atom is -0.466 e. The van der Waals surface area contributed by atoms with E-state index in [-0.39, 0.29) is 24.0 Å². The maximum atomic E-state index is 11.9. The van der Waals surface area contributed by atoms with Crippen LogP contribution >= 0.6 is 0 Å². The molecule has 0 aliphatic rings. The van der Waals surface area contributed by atoms with E-state index in [1.807, 2.05) is 41.5 Å². The lowest BCUT2D eigenvalue weighted by molar-refractivity contribution is -0.161. The Kier molecular flexibility index (Phi) is 8.51. The summed E-state index contributed by atoms with van der Waals surface area (Å²) in [5.74, 6) is -0.116. The first kappa shape index (κ1) is 18.9. The number of carbonyl (C=O) groups excluding carboxylic acids is 2. The minimum atomic E-state index is -0.493. The third kappa shape index (κ3) is 8.18. The van der Waals surface area contributed by atoms with Crippen LogP contribution in [0.1, 0.15) is 67.2 Å². The fourth-order valence-corrected chi connectivity index (χ4v) is 1.58. The normalized spacial score (nSPS) is 13.2. The molecule has 0 N–H and O–H groups in total. The van der Waals surface area contributed by atoms with Crippen LogP contribution in [-0.4, -0.2) is 24.6 Å². The van der Waals surface area contributed by atoms with E-state index in [2.05, 4.69) is 0 Å². The molecule has 0 heterocycles. The predicted octanol–water partition coefficient (Wildman–Crippen LogP) is 3.72. The Morgan fingerprint density at radius 3 is 2.20 bits per heavy atom. The second kappa shape index (κ2) is 8.98. The quantitative estimate of drug-likeness (QED) is 0.638.